The van der Waals surface area contributed by atoms with Gasteiger partial charge in [0.15, 0.2) is 0 Å². The van der Waals surface area contributed by atoms with Crippen LogP contribution >= 0.6 is 0 Å². The first-order valence-corrected chi connectivity index (χ1v) is 7.02. The van der Waals surface area contributed by atoms with Crippen molar-refractivity contribution < 1.29 is 4.74 Å². The van der Waals surface area contributed by atoms with E-state index in [0.29, 0.717) is 12.4 Å². The number of anilines is 2. The summed E-state index contributed by atoms with van der Waals surface area (Å²) in [7, 11) is 3.48. The Kier molecular flexibility index (Phi) is 5.31. The Morgan fingerprint density at radius 2 is 1.95 bits per heavy atom. The molecule has 0 unspecified atom stereocenters. The number of pyridine rings is 1. The van der Waals surface area contributed by atoms with Crippen molar-refractivity contribution in [2.75, 3.05) is 24.8 Å². The van der Waals surface area contributed by atoms with Gasteiger partial charge in [-0.25, -0.2) is 15.0 Å². The van der Waals surface area contributed by atoms with Crippen LogP contribution in [-0.4, -0.2) is 29.1 Å². The predicted octanol–water partition coefficient (Wildman–Crippen LogP) is 2.49. The molecule has 2 aromatic heterocycles. The van der Waals surface area contributed by atoms with Gasteiger partial charge in [-0.05, 0) is 12.0 Å². The molecule has 2 rings (SSSR count). The Bertz CT molecular complexity index is 571. The van der Waals surface area contributed by atoms with Gasteiger partial charge in [0, 0.05) is 31.4 Å². The number of hydrogen-bond donors (Lipinski definition) is 2. The van der Waals surface area contributed by atoms with E-state index >= 15 is 0 Å². The Morgan fingerprint density at radius 1 is 1.14 bits per heavy atom. The average Bonchev–Trinajstić information content (AvgIpc) is 2.54. The molecule has 0 fully saturated rings. The Balaban J connectivity index is 2.11. The number of nitrogens with zero attached hydrogens (tertiary/aromatic N) is 3. The molecule has 0 saturated carbocycles. The molecule has 6 nitrogen and oxygen atoms in total. The maximum atomic E-state index is 5.05. The second-order valence-electron chi connectivity index (χ2n) is 4.61. The van der Waals surface area contributed by atoms with E-state index in [4.69, 9.17) is 4.74 Å². The first-order chi connectivity index (χ1) is 10.3. The van der Waals surface area contributed by atoms with E-state index in [0.717, 1.165) is 35.6 Å². The lowest BCUT2D eigenvalue weighted by molar-refractivity contribution is 0.397. The molecule has 0 aliphatic carbocycles. The maximum absolute atomic E-state index is 5.05. The fourth-order valence-electron chi connectivity index (χ4n) is 2.09. The molecule has 21 heavy (non-hydrogen) atoms. The van der Waals surface area contributed by atoms with Gasteiger partial charge in [-0.3, -0.25) is 0 Å². The molecule has 0 bridgehead atoms. The van der Waals surface area contributed by atoms with E-state index in [9.17, 15) is 0 Å². The van der Waals surface area contributed by atoms with Crippen molar-refractivity contribution in [1.82, 2.24) is 15.0 Å². The van der Waals surface area contributed by atoms with Crippen molar-refractivity contribution in [1.29, 1.82) is 0 Å². The van der Waals surface area contributed by atoms with Crippen molar-refractivity contribution >= 4 is 11.6 Å². The highest BCUT2D eigenvalue weighted by Crippen LogP contribution is 2.21. The van der Waals surface area contributed by atoms with Gasteiger partial charge >= 0.3 is 0 Å². The summed E-state index contributed by atoms with van der Waals surface area (Å²) in [6.45, 7) is 2.80. The molecule has 0 saturated heterocycles. The molecule has 2 N–H and O–H groups in total. The van der Waals surface area contributed by atoms with Gasteiger partial charge in [0.25, 0.3) is 0 Å². The number of nitrogens with one attached hydrogen (secondary N) is 2. The van der Waals surface area contributed by atoms with Crippen LogP contribution < -0.4 is 15.4 Å². The van der Waals surface area contributed by atoms with Crippen molar-refractivity contribution in [3.63, 3.8) is 0 Å². The summed E-state index contributed by atoms with van der Waals surface area (Å²) < 4.78 is 5.05. The molecule has 0 aromatic carbocycles. The Labute approximate surface area is 125 Å². The summed E-state index contributed by atoms with van der Waals surface area (Å²) in [4.78, 5) is 12.8. The molecule has 0 amide bonds. The van der Waals surface area contributed by atoms with Crippen LogP contribution in [0.5, 0.6) is 5.88 Å². The van der Waals surface area contributed by atoms with E-state index < -0.39 is 0 Å². The fraction of sp³-hybridized carbons (Fsp3) is 0.400. The highest BCUT2D eigenvalue weighted by Gasteiger charge is 2.09. The van der Waals surface area contributed by atoms with Crippen LogP contribution in [0.4, 0.5) is 11.6 Å². The molecular weight excluding hydrogens is 266 g/mol. The van der Waals surface area contributed by atoms with Gasteiger partial charge in [0.2, 0.25) is 5.88 Å². The largest absolute Gasteiger partial charge is 0.481 e. The average molecular weight is 287 g/mol. The zero-order chi connectivity index (χ0) is 15.1. The normalized spacial score (nSPS) is 10.2. The lowest BCUT2D eigenvalue weighted by Crippen LogP contribution is -2.08. The standard InChI is InChI=1S/C15H21N5O/c1-4-5-12-14(16-2)19-10-20-15(12)18-9-11-6-7-13(21-3)17-8-11/h6-8,10H,4-5,9H2,1-3H3,(H2,16,18,19,20). The van der Waals surface area contributed by atoms with Gasteiger partial charge < -0.3 is 15.4 Å². The monoisotopic (exact) mass is 287 g/mol. The summed E-state index contributed by atoms with van der Waals surface area (Å²) in [6, 6.07) is 3.83. The molecule has 0 radical (unpaired) electrons. The smallest absolute Gasteiger partial charge is 0.212 e. The number of rotatable bonds is 7. The van der Waals surface area contributed by atoms with Crippen LogP contribution in [0.15, 0.2) is 24.7 Å². The number of ether oxygens (including phenoxy) is 1. The minimum atomic E-state index is 0.616. The molecule has 0 aliphatic heterocycles. The molecule has 6 heteroatoms. The zero-order valence-electron chi connectivity index (χ0n) is 12.7. The van der Waals surface area contributed by atoms with Crippen LogP contribution in [0.3, 0.4) is 0 Å². The second-order valence-corrected chi connectivity index (χ2v) is 4.61. The van der Waals surface area contributed by atoms with Crippen LogP contribution in [0.1, 0.15) is 24.5 Å². The van der Waals surface area contributed by atoms with E-state index in [1.54, 1.807) is 19.6 Å². The number of hydrogen-bond acceptors (Lipinski definition) is 6. The second kappa shape index (κ2) is 7.42. The zero-order valence-corrected chi connectivity index (χ0v) is 12.7. The highest BCUT2D eigenvalue weighted by molar-refractivity contribution is 5.57. The van der Waals surface area contributed by atoms with Crippen LogP contribution in [0.25, 0.3) is 0 Å². The van der Waals surface area contributed by atoms with E-state index in [-0.39, 0.29) is 0 Å². The van der Waals surface area contributed by atoms with Crippen LogP contribution in [-0.2, 0) is 13.0 Å². The lowest BCUT2D eigenvalue weighted by Gasteiger charge is -2.13. The minimum Gasteiger partial charge on any atom is -0.481 e. The SMILES string of the molecule is CCCc1c(NC)ncnc1NCc1ccc(OC)nc1. The fourth-order valence-corrected chi connectivity index (χ4v) is 2.09. The summed E-state index contributed by atoms with van der Waals surface area (Å²) in [6.07, 6.45) is 5.34. The number of aromatic nitrogens is 3. The summed E-state index contributed by atoms with van der Waals surface area (Å²) in [5.74, 6) is 2.36. The van der Waals surface area contributed by atoms with Gasteiger partial charge in [-0.2, -0.15) is 0 Å². The van der Waals surface area contributed by atoms with E-state index in [1.165, 1.54) is 0 Å². The quantitative estimate of drug-likeness (QED) is 0.815. The first-order valence-electron chi connectivity index (χ1n) is 7.02. The summed E-state index contributed by atoms with van der Waals surface area (Å²) in [5.41, 5.74) is 2.19. The van der Waals surface area contributed by atoms with Gasteiger partial charge in [-0.15, -0.1) is 0 Å². The van der Waals surface area contributed by atoms with Crippen LogP contribution in [0, 0.1) is 0 Å². The molecule has 0 aliphatic rings. The van der Waals surface area contributed by atoms with Crippen molar-refractivity contribution in [2.45, 2.75) is 26.3 Å². The molecule has 0 atom stereocenters. The molecular formula is C15H21N5O. The Morgan fingerprint density at radius 3 is 2.57 bits per heavy atom. The van der Waals surface area contributed by atoms with Crippen LogP contribution in [0.2, 0.25) is 0 Å². The predicted molar refractivity (Wildman–Crippen MR) is 83.7 cm³/mol. The first kappa shape index (κ1) is 15.0. The summed E-state index contributed by atoms with van der Waals surface area (Å²) in [5, 5.41) is 6.47. The Hall–Kier alpha value is -2.37. The molecule has 112 valence electrons. The summed E-state index contributed by atoms with van der Waals surface area (Å²) >= 11 is 0. The maximum Gasteiger partial charge on any atom is 0.212 e. The highest BCUT2D eigenvalue weighted by atomic mass is 16.5. The third kappa shape index (κ3) is 3.81. The van der Waals surface area contributed by atoms with Crippen molar-refractivity contribution in [3.8, 4) is 5.88 Å². The molecule has 0 spiro atoms. The van der Waals surface area contributed by atoms with E-state index in [1.807, 2.05) is 19.2 Å². The third-order valence-corrected chi connectivity index (χ3v) is 3.15. The third-order valence-electron chi connectivity index (χ3n) is 3.15. The molecule has 2 heterocycles. The van der Waals surface area contributed by atoms with Gasteiger partial charge in [0.1, 0.15) is 18.0 Å². The lowest BCUT2D eigenvalue weighted by atomic mass is 10.1. The minimum absolute atomic E-state index is 0.616. The van der Waals surface area contributed by atoms with Crippen molar-refractivity contribution in [2.24, 2.45) is 0 Å². The van der Waals surface area contributed by atoms with E-state index in [2.05, 4.69) is 32.5 Å². The van der Waals surface area contributed by atoms with Crippen molar-refractivity contribution in [3.05, 3.63) is 35.8 Å². The van der Waals surface area contributed by atoms with Gasteiger partial charge in [0.05, 0.1) is 7.11 Å². The topological polar surface area (TPSA) is 72.0 Å². The van der Waals surface area contributed by atoms with Gasteiger partial charge in [-0.1, -0.05) is 19.4 Å². The molecule has 2 aromatic rings. The number of methoxy groups -OCH3 is 1.